The van der Waals surface area contributed by atoms with E-state index in [1.54, 1.807) is 19.0 Å². The fourth-order valence-electron chi connectivity index (χ4n) is 3.16. The van der Waals surface area contributed by atoms with Gasteiger partial charge in [-0.25, -0.2) is 4.99 Å². The van der Waals surface area contributed by atoms with E-state index in [1.165, 1.54) is 44.3 Å². The van der Waals surface area contributed by atoms with Gasteiger partial charge in [0.15, 0.2) is 5.96 Å². The Bertz CT molecular complexity index is 413. The van der Waals surface area contributed by atoms with Gasteiger partial charge in [-0.2, -0.15) is 11.8 Å². The van der Waals surface area contributed by atoms with Gasteiger partial charge in [0.2, 0.25) is 5.91 Å². The van der Waals surface area contributed by atoms with Crippen LogP contribution in [0.4, 0.5) is 0 Å². The highest BCUT2D eigenvalue weighted by Gasteiger charge is 2.23. The number of thioether (sulfide) groups is 1. The van der Waals surface area contributed by atoms with Gasteiger partial charge < -0.3 is 15.5 Å². The van der Waals surface area contributed by atoms with Crippen LogP contribution in [0, 0.1) is 5.92 Å². The highest BCUT2D eigenvalue weighted by atomic mass is 127. The first-order valence-corrected chi connectivity index (χ1v) is 9.97. The number of carbonyl (C=O) groups excluding carboxylic acids is 1. The molecule has 0 aromatic carbocycles. The normalized spacial score (nSPS) is 27.3. The molecule has 2 aliphatic rings. The summed E-state index contributed by atoms with van der Waals surface area (Å²) in [6.45, 7) is 3.46. The molecule has 2 fully saturated rings. The van der Waals surface area contributed by atoms with Crippen LogP contribution in [0.5, 0.6) is 0 Å². The summed E-state index contributed by atoms with van der Waals surface area (Å²) in [6, 6.07) is 0.473. The molecule has 5 nitrogen and oxygen atoms in total. The molecule has 1 aliphatic heterocycles. The molecule has 0 aromatic heterocycles. The summed E-state index contributed by atoms with van der Waals surface area (Å²) in [4.78, 5) is 17.9. The predicted molar refractivity (Wildman–Crippen MR) is 114 cm³/mol. The first kappa shape index (κ1) is 21.9. The van der Waals surface area contributed by atoms with Gasteiger partial charge in [-0.15, -0.1) is 24.0 Å². The van der Waals surface area contributed by atoms with Crippen LogP contribution < -0.4 is 10.6 Å². The van der Waals surface area contributed by atoms with Crippen molar-refractivity contribution in [2.75, 3.05) is 32.9 Å². The number of likely N-dealkylation sites (N-methyl/N-ethyl adjacent to an activating group) is 1. The van der Waals surface area contributed by atoms with Crippen LogP contribution in [0.25, 0.3) is 0 Å². The molecule has 2 rings (SSSR count). The lowest BCUT2D eigenvalue weighted by atomic mass is 9.86. The van der Waals surface area contributed by atoms with E-state index in [0.717, 1.165) is 12.5 Å². The second kappa shape index (κ2) is 11.4. The number of carbonyl (C=O) groups is 1. The summed E-state index contributed by atoms with van der Waals surface area (Å²) in [6.07, 6.45) is 7.68. The maximum absolute atomic E-state index is 11.8. The average molecular weight is 468 g/mol. The molecule has 0 bridgehead atoms. The van der Waals surface area contributed by atoms with Crippen molar-refractivity contribution in [3.63, 3.8) is 0 Å². The van der Waals surface area contributed by atoms with E-state index in [2.05, 4.69) is 22.5 Å². The zero-order valence-electron chi connectivity index (χ0n) is 15.2. The number of nitrogens with zero attached hydrogens (tertiary/aromatic N) is 2. The fraction of sp³-hybridized carbons (Fsp3) is 0.882. The van der Waals surface area contributed by atoms with Crippen LogP contribution in [0.15, 0.2) is 4.99 Å². The maximum Gasteiger partial charge on any atom is 0.243 e. The highest BCUT2D eigenvalue weighted by Crippen LogP contribution is 2.25. The standard InChI is InChI=1S/C17H32N4OS.HI/c1-13-7-4-5-9-15(13)20-17(19-12-16(22)21(2)3)18-11-14-8-6-10-23-14;/h13-15H,4-12H2,1-3H3,(H2,18,19,20);1H. The molecule has 1 saturated heterocycles. The average Bonchev–Trinajstić information content (AvgIpc) is 3.04. The van der Waals surface area contributed by atoms with Crippen LogP contribution in [0.1, 0.15) is 45.4 Å². The number of amides is 1. The third-order valence-electron chi connectivity index (χ3n) is 4.83. The Morgan fingerprint density at radius 3 is 2.58 bits per heavy atom. The van der Waals surface area contributed by atoms with Gasteiger partial charge in [-0.3, -0.25) is 4.79 Å². The van der Waals surface area contributed by atoms with Crippen LogP contribution >= 0.6 is 35.7 Å². The zero-order chi connectivity index (χ0) is 16.7. The van der Waals surface area contributed by atoms with Crippen molar-refractivity contribution < 1.29 is 4.79 Å². The molecule has 140 valence electrons. The van der Waals surface area contributed by atoms with E-state index in [-0.39, 0.29) is 36.4 Å². The Kier molecular flexibility index (Phi) is 10.4. The summed E-state index contributed by atoms with van der Waals surface area (Å²) >= 11 is 2.04. The smallest absolute Gasteiger partial charge is 0.243 e. The maximum atomic E-state index is 11.8. The molecule has 7 heteroatoms. The number of hydrogen-bond donors (Lipinski definition) is 2. The lowest BCUT2D eigenvalue weighted by Crippen LogP contribution is -2.48. The minimum absolute atomic E-state index is 0. The third kappa shape index (κ3) is 7.37. The van der Waals surface area contributed by atoms with E-state index in [9.17, 15) is 4.79 Å². The van der Waals surface area contributed by atoms with E-state index < -0.39 is 0 Å². The largest absolute Gasteiger partial charge is 0.355 e. The number of guanidine groups is 1. The van der Waals surface area contributed by atoms with Gasteiger partial charge in [0.25, 0.3) is 0 Å². The van der Waals surface area contributed by atoms with Crippen molar-refractivity contribution in [2.24, 2.45) is 10.9 Å². The first-order chi connectivity index (χ1) is 11.1. The van der Waals surface area contributed by atoms with Crippen LogP contribution in [0.3, 0.4) is 0 Å². The number of hydrogen-bond acceptors (Lipinski definition) is 3. The lowest BCUT2D eigenvalue weighted by Gasteiger charge is -2.31. The Labute approximate surface area is 168 Å². The van der Waals surface area contributed by atoms with E-state index in [4.69, 9.17) is 0 Å². The van der Waals surface area contributed by atoms with Crippen LogP contribution in [-0.2, 0) is 4.79 Å². The van der Waals surface area contributed by atoms with Gasteiger partial charge in [0.1, 0.15) is 6.54 Å². The first-order valence-electron chi connectivity index (χ1n) is 8.93. The molecular formula is C17H33IN4OS. The quantitative estimate of drug-likeness (QED) is 0.370. The molecule has 2 N–H and O–H groups in total. The van der Waals surface area contributed by atoms with E-state index in [1.807, 2.05) is 11.8 Å². The number of halogens is 1. The third-order valence-corrected chi connectivity index (χ3v) is 6.22. The minimum atomic E-state index is 0. The summed E-state index contributed by atoms with van der Waals surface area (Å²) < 4.78 is 0. The van der Waals surface area contributed by atoms with Gasteiger partial charge in [-0.1, -0.05) is 19.8 Å². The Balaban J connectivity index is 0.00000288. The SMILES string of the molecule is CC1CCCCC1NC(=NCC(=O)N(C)C)NCC1CCCS1.I. The number of aliphatic imine (C=N–C) groups is 1. The number of nitrogens with one attached hydrogen (secondary N) is 2. The minimum Gasteiger partial charge on any atom is -0.355 e. The Morgan fingerprint density at radius 2 is 1.96 bits per heavy atom. The topological polar surface area (TPSA) is 56.7 Å². The van der Waals surface area contributed by atoms with Crippen molar-refractivity contribution >= 4 is 47.6 Å². The van der Waals surface area contributed by atoms with E-state index in [0.29, 0.717) is 17.2 Å². The molecule has 3 unspecified atom stereocenters. The fourth-order valence-corrected chi connectivity index (χ4v) is 4.36. The van der Waals surface area contributed by atoms with Crippen LogP contribution in [-0.4, -0.2) is 61.0 Å². The molecular weight excluding hydrogens is 435 g/mol. The Morgan fingerprint density at radius 1 is 1.21 bits per heavy atom. The number of rotatable bonds is 5. The van der Waals surface area contributed by atoms with Gasteiger partial charge in [-0.05, 0) is 37.4 Å². The van der Waals surface area contributed by atoms with Crippen LogP contribution in [0.2, 0.25) is 0 Å². The second-order valence-electron chi connectivity index (χ2n) is 6.98. The van der Waals surface area contributed by atoms with Crippen molar-refractivity contribution in [1.82, 2.24) is 15.5 Å². The van der Waals surface area contributed by atoms with Gasteiger partial charge >= 0.3 is 0 Å². The summed E-state index contributed by atoms with van der Waals surface area (Å²) in [5, 5.41) is 7.73. The van der Waals surface area contributed by atoms with Crippen molar-refractivity contribution in [1.29, 1.82) is 0 Å². The van der Waals surface area contributed by atoms with Crippen molar-refractivity contribution in [3.05, 3.63) is 0 Å². The van der Waals surface area contributed by atoms with Gasteiger partial charge in [0, 0.05) is 31.9 Å². The molecule has 1 aliphatic carbocycles. The highest BCUT2D eigenvalue weighted by molar-refractivity contribution is 14.0. The molecule has 24 heavy (non-hydrogen) atoms. The predicted octanol–water partition coefficient (Wildman–Crippen LogP) is 2.70. The molecule has 0 spiro atoms. The molecule has 1 amide bonds. The summed E-state index contributed by atoms with van der Waals surface area (Å²) in [7, 11) is 3.55. The Hall–Kier alpha value is -0.180. The molecule has 3 atom stereocenters. The lowest BCUT2D eigenvalue weighted by molar-refractivity contribution is -0.127. The van der Waals surface area contributed by atoms with Crippen molar-refractivity contribution in [3.8, 4) is 0 Å². The zero-order valence-corrected chi connectivity index (χ0v) is 18.4. The summed E-state index contributed by atoms with van der Waals surface area (Å²) in [5.74, 6) is 2.79. The molecule has 1 saturated carbocycles. The van der Waals surface area contributed by atoms with Crippen molar-refractivity contribution in [2.45, 2.75) is 56.7 Å². The molecule has 1 heterocycles. The van der Waals surface area contributed by atoms with E-state index >= 15 is 0 Å². The second-order valence-corrected chi connectivity index (χ2v) is 8.39. The molecule has 0 aromatic rings. The molecule has 0 radical (unpaired) electrons. The monoisotopic (exact) mass is 468 g/mol. The van der Waals surface area contributed by atoms with Gasteiger partial charge in [0.05, 0.1) is 0 Å². The summed E-state index contributed by atoms with van der Waals surface area (Å²) in [5.41, 5.74) is 0.